The van der Waals surface area contributed by atoms with E-state index in [0.717, 1.165) is 29.2 Å². The molecule has 122 valence electrons. The third kappa shape index (κ3) is 2.95. The fourth-order valence-corrected chi connectivity index (χ4v) is 3.63. The first-order valence-electron chi connectivity index (χ1n) is 8.49. The molecule has 1 aliphatic carbocycles. The van der Waals surface area contributed by atoms with Gasteiger partial charge in [-0.3, -0.25) is 0 Å². The highest BCUT2D eigenvalue weighted by Crippen LogP contribution is 2.31. The number of pyridine rings is 1. The van der Waals surface area contributed by atoms with Gasteiger partial charge in [-0.2, -0.15) is 9.97 Å². The summed E-state index contributed by atoms with van der Waals surface area (Å²) in [4.78, 5) is 16.1. The van der Waals surface area contributed by atoms with Crippen LogP contribution in [0.15, 0.2) is 6.07 Å². The molecule has 2 aromatic rings. The monoisotopic (exact) mass is 312 g/mol. The molecule has 6 nitrogen and oxygen atoms in total. The Morgan fingerprint density at radius 3 is 2.83 bits per heavy atom. The largest absolute Gasteiger partial charge is 0.383 e. The average molecular weight is 312 g/mol. The minimum atomic E-state index is 0.508. The Labute approximate surface area is 136 Å². The van der Waals surface area contributed by atoms with Crippen molar-refractivity contribution in [1.82, 2.24) is 19.9 Å². The lowest BCUT2D eigenvalue weighted by atomic mass is 10.1. The quantitative estimate of drug-likeness (QED) is 0.900. The first kappa shape index (κ1) is 14.6. The molecule has 0 aromatic carbocycles. The summed E-state index contributed by atoms with van der Waals surface area (Å²) in [6.45, 7) is 7.32. The van der Waals surface area contributed by atoms with Crippen LogP contribution in [0.2, 0.25) is 0 Å². The summed E-state index contributed by atoms with van der Waals surface area (Å²) in [5, 5.41) is 4.23. The molecule has 3 N–H and O–H groups in total. The molecular formula is C17H24N6. The maximum absolute atomic E-state index is 6.12. The van der Waals surface area contributed by atoms with Crippen molar-refractivity contribution in [2.24, 2.45) is 5.92 Å². The molecule has 4 rings (SSSR count). The van der Waals surface area contributed by atoms with Crippen molar-refractivity contribution < 1.29 is 0 Å². The first-order valence-corrected chi connectivity index (χ1v) is 8.49. The molecule has 0 amide bonds. The molecule has 1 saturated heterocycles. The van der Waals surface area contributed by atoms with Gasteiger partial charge in [0.2, 0.25) is 5.95 Å². The molecule has 0 spiro atoms. The van der Waals surface area contributed by atoms with Gasteiger partial charge in [0.15, 0.2) is 5.65 Å². The molecular weight excluding hydrogens is 288 g/mol. The van der Waals surface area contributed by atoms with Crippen LogP contribution in [-0.2, 0) is 0 Å². The van der Waals surface area contributed by atoms with Gasteiger partial charge in [0.25, 0.3) is 0 Å². The van der Waals surface area contributed by atoms with E-state index in [2.05, 4.69) is 25.2 Å². The molecule has 2 aromatic heterocycles. The normalized spacial score (nSPS) is 21.9. The number of nitrogen functional groups attached to an aromatic ring is 1. The topological polar surface area (TPSA) is 80.0 Å². The van der Waals surface area contributed by atoms with Crippen molar-refractivity contribution >= 4 is 22.8 Å². The second-order valence-corrected chi connectivity index (χ2v) is 6.97. The second kappa shape index (κ2) is 5.60. The molecule has 0 radical (unpaired) electrons. The van der Waals surface area contributed by atoms with Gasteiger partial charge in [-0.15, -0.1) is 0 Å². The Bertz CT molecular complexity index is 739. The first-order chi connectivity index (χ1) is 11.1. The standard InChI is InChI=1S/C17H24N6/c1-10-7-11(2)20-16-14(10)15(18)21-17(22-16)19-8-12-5-6-23(9-12)13-3-4-13/h7,12-13H,3-6,8-9H2,1-2H3,(H3,18,19,20,21,22). The molecule has 0 bridgehead atoms. The van der Waals surface area contributed by atoms with Crippen molar-refractivity contribution in [3.05, 3.63) is 17.3 Å². The molecule has 2 fully saturated rings. The van der Waals surface area contributed by atoms with Crippen LogP contribution in [0.5, 0.6) is 0 Å². The van der Waals surface area contributed by atoms with Gasteiger partial charge < -0.3 is 16.0 Å². The summed E-state index contributed by atoms with van der Waals surface area (Å²) in [6.07, 6.45) is 4.02. The molecule has 1 atom stereocenters. The van der Waals surface area contributed by atoms with Gasteiger partial charge in [0.05, 0.1) is 5.39 Å². The Hall–Kier alpha value is -1.95. The molecule has 6 heteroatoms. The number of hydrogen-bond donors (Lipinski definition) is 2. The van der Waals surface area contributed by atoms with Crippen LogP contribution in [0.25, 0.3) is 11.0 Å². The number of hydrogen-bond acceptors (Lipinski definition) is 6. The SMILES string of the molecule is Cc1cc(C)c2c(N)nc(NCC3CCN(C4CC4)C3)nc2n1. The summed E-state index contributed by atoms with van der Waals surface area (Å²) < 4.78 is 0. The number of aromatic nitrogens is 3. The lowest BCUT2D eigenvalue weighted by Crippen LogP contribution is -2.25. The number of fused-ring (bicyclic) bond motifs is 1. The lowest BCUT2D eigenvalue weighted by Gasteiger charge is -2.15. The van der Waals surface area contributed by atoms with E-state index in [9.17, 15) is 0 Å². The summed E-state index contributed by atoms with van der Waals surface area (Å²) in [5.74, 6) is 1.77. The van der Waals surface area contributed by atoms with Crippen LogP contribution in [0.1, 0.15) is 30.5 Å². The summed E-state index contributed by atoms with van der Waals surface area (Å²) in [5.41, 5.74) is 8.84. The van der Waals surface area contributed by atoms with E-state index in [4.69, 9.17) is 5.73 Å². The van der Waals surface area contributed by atoms with E-state index >= 15 is 0 Å². The second-order valence-electron chi connectivity index (χ2n) is 6.97. The zero-order valence-corrected chi connectivity index (χ0v) is 13.8. The highest BCUT2D eigenvalue weighted by Gasteiger charge is 2.34. The van der Waals surface area contributed by atoms with Gasteiger partial charge in [-0.05, 0) is 57.2 Å². The third-order valence-electron chi connectivity index (χ3n) is 4.95. The lowest BCUT2D eigenvalue weighted by molar-refractivity contribution is 0.316. The van der Waals surface area contributed by atoms with Crippen LogP contribution in [-0.4, -0.2) is 45.5 Å². The highest BCUT2D eigenvalue weighted by atomic mass is 15.2. The van der Waals surface area contributed by atoms with Gasteiger partial charge in [-0.1, -0.05) is 0 Å². The van der Waals surface area contributed by atoms with E-state index in [0.29, 0.717) is 23.3 Å². The van der Waals surface area contributed by atoms with Crippen molar-refractivity contribution in [2.45, 2.75) is 39.2 Å². The highest BCUT2D eigenvalue weighted by molar-refractivity contribution is 5.89. The Kier molecular flexibility index (Phi) is 3.56. The number of nitrogens with zero attached hydrogens (tertiary/aromatic N) is 4. The van der Waals surface area contributed by atoms with E-state index in [1.807, 2.05) is 19.9 Å². The predicted octanol–water partition coefficient (Wildman–Crippen LogP) is 2.12. The van der Waals surface area contributed by atoms with Crippen molar-refractivity contribution in [3.8, 4) is 0 Å². The number of aryl methyl sites for hydroxylation is 2. The Balaban J connectivity index is 1.48. The fourth-order valence-electron chi connectivity index (χ4n) is 3.63. The van der Waals surface area contributed by atoms with Gasteiger partial charge >= 0.3 is 0 Å². The van der Waals surface area contributed by atoms with Crippen molar-refractivity contribution in [3.63, 3.8) is 0 Å². The van der Waals surface area contributed by atoms with Crippen LogP contribution in [0, 0.1) is 19.8 Å². The molecule has 23 heavy (non-hydrogen) atoms. The van der Waals surface area contributed by atoms with Crippen LogP contribution in [0.3, 0.4) is 0 Å². The third-order valence-corrected chi connectivity index (χ3v) is 4.95. The maximum Gasteiger partial charge on any atom is 0.226 e. The summed E-state index contributed by atoms with van der Waals surface area (Å²) in [7, 11) is 0. The zero-order chi connectivity index (χ0) is 16.0. The van der Waals surface area contributed by atoms with E-state index in [-0.39, 0.29) is 0 Å². The van der Waals surface area contributed by atoms with E-state index < -0.39 is 0 Å². The number of likely N-dealkylation sites (tertiary alicyclic amines) is 1. The van der Waals surface area contributed by atoms with E-state index in [1.54, 1.807) is 0 Å². The number of rotatable bonds is 4. The van der Waals surface area contributed by atoms with Crippen LogP contribution < -0.4 is 11.1 Å². The Morgan fingerprint density at radius 2 is 2.04 bits per heavy atom. The number of nitrogens with two attached hydrogens (primary N) is 1. The van der Waals surface area contributed by atoms with Gasteiger partial charge in [0.1, 0.15) is 5.82 Å². The van der Waals surface area contributed by atoms with Gasteiger partial charge in [0, 0.05) is 24.8 Å². The van der Waals surface area contributed by atoms with Crippen molar-refractivity contribution in [1.29, 1.82) is 0 Å². The molecule has 1 saturated carbocycles. The minimum absolute atomic E-state index is 0.508. The van der Waals surface area contributed by atoms with E-state index in [1.165, 1.54) is 32.4 Å². The predicted molar refractivity (Wildman–Crippen MR) is 92.4 cm³/mol. The molecule has 3 heterocycles. The summed E-state index contributed by atoms with van der Waals surface area (Å²) in [6, 6.07) is 2.88. The fraction of sp³-hybridized carbons (Fsp3) is 0.588. The minimum Gasteiger partial charge on any atom is -0.383 e. The van der Waals surface area contributed by atoms with Crippen LogP contribution >= 0.6 is 0 Å². The average Bonchev–Trinajstić information content (AvgIpc) is 3.23. The molecule has 1 aliphatic heterocycles. The summed E-state index contributed by atoms with van der Waals surface area (Å²) >= 11 is 0. The molecule has 2 aliphatic rings. The van der Waals surface area contributed by atoms with Crippen molar-refractivity contribution in [2.75, 3.05) is 30.7 Å². The van der Waals surface area contributed by atoms with Gasteiger partial charge in [-0.25, -0.2) is 4.98 Å². The number of anilines is 2. The molecule has 1 unspecified atom stereocenters. The maximum atomic E-state index is 6.12. The van der Waals surface area contributed by atoms with Crippen LogP contribution in [0.4, 0.5) is 11.8 Å². The Morgan fingerprint density at radius 1 is 1.22 bits per heavy atom. The zero-order valence-electron chi connectivity index (χ0n) is 13.8. The smallest absolute Gasteiger partial charge is 0.226 e. The number of nitrogens with one attached hydrogen (secondary N) is 1.